The van der Waals surface area contributed by atoms with E-state index in [1.54, 1.807) is 10.9 Å². The van der Waals surface area contributed by atoms with Gasteiger partial charge < -0.3 is 10.6 Å². The Bertz CT molecular complexity index is 984. The van der Waals surface area contributed by atoms with Gasteiger partial charge in [-0.3, -0.25) is 9.78 Å². The van der Waals surface area contributed by atoms with Crippen LogP contribution in [0.15, 0.2) is 36.5 Å². The lowest BCUT2D eigenvalue weighted by Crippen LogP contribution is -2.43. The molecule has 1 aliphatic heterocycles. The predicted molar refractivity (Wildman–Crippen MR) is 118 cm³/mol. The summed E-state index contributed by atoms with van der Waals surface area (Å²) in [5.41, 5.74) is 3.03. The number of hydrogen-bond acceptors (Lipinski definition) is 5. The number of benzene rings is 1. The van der Waals surface area contributed by atoms with Crippen molar-refractivity contribution in [3.63, 3.8) is 0 Å². The maximum absolute atomic E-state index is 12.7. The van der Waals surface area contributed by atoms with E-state index in [1.165, 1.54) is 0 Å². The van der Waals surface area contributed by atoms with Gasteiger partial charge in [0.15, 0.2) is 5.69 Å². The van der Waals surface area contributed by atoms with Crippen LogP contribution in [0.3, 0.4) is 0 Å². The number of fused-ring (bicyclic) bond motifs is 1. The number of carbonyl (C=O) groups is 1. The van der Waals surface area contributed by atoms with Gasteiger partial charge in [-0.15, -0.1) is 29.9 Å². The Morgan fingerprint density at radius 2 is 2.00 bits per heavy atom. The van der Waals surface area contributed by atoms with Crippen LogP contribution in [0.2, 0.25) is 0 Å². The van der Waals surface area contributed by atoms with Crippen LogP contribution in [0.4, 0.5) is 0 Å². The minimum Gasteiger partial charge on any atom is -0.350 e. The topological polar surface area (TPSA) is 84.7 Å². The third-order valence-electron chi connectivity index (χ3n) is 5.43. The number of nitrogens with zero attached hydrogens (tertiary/aromatic N) is 4. The van der Waals surface area contributed by atoms with E-state index < -0.39 is 0 Å². The summed E-state index contributed by atoms with van der Waals surface area (Å²) in [6.45, 7) is 6.74. The van der Waals surface area contributed by atoms with Crippen LogP contribution >= 0.6 is 24.8 Å². The Kier molecular flexibility index (Phi) is 7.57. The molecule has 1 aromatic carbocycles. The normalized spacial score (nSPS) is 15.2. The van der Waals surface area contributed by atoms with Crippen LogP contribution in [0, 0.1) is 12.3 Å². The Labute approximate surface area is 182 Å². The lowest BCUT2D eigenvalue weighted by atomic mass is 9.81. The van der Waals surface area contributed by atoms with Crippen LogP contribution in [-0.2, 0) is 0 Å². The maximum Gasteiger partial charge on any atom is 0.273 e. The molecule has 2 aromatic heterocycles. The Morgan fingerprint density at radius 3 is 2.76 bits per heavy atom. The van der Waals surface area contributed by atoms with E-state index in [-0.39, 0.29) is 36.1 Å². The van der Waals surface area contributed by atoms with Crippen LogP contribution in [0.5, 0.6) is 0 Å². The van der Waals surface area contributed by atoms with Crippen LogP contribution in [0.1, 0.15) is 35.9 Å². The summed E-state index contributed by atoms with van der Waals surface area (Å²) < 4.78 is 1.70. The standard InChI is InChI=1S/C20H24N6O.2ClH/c1-14-18(19(27)23-13-20(2)7-10-21-11-8-20)24-25-26(14)16-5-6-17-15(12-16)4-3-9-22-17;;/h3-6,9,12,21H,7-8,10-11,13H2,1-2H3,(H,23,27);2*1H. The average Bonchev–Trinajstić information content (AvgIpc) is 3.08. The molecule has 1 fully saturated rings. The number of amides is 1. The molecular weight excluding hydrogens is 411 g/mol. The van der Waals surface area contributed by atoms with E-state index in [4.69, 9.17) is 0 Å². The smallest absolute Gasteiger partial charge is 0.273 e. The fourth-order valence-corrected chi connectivity index (χ4v) is 3.56. The lowest BCUT2D eigenvalue weighted by Gasteiger charge is -2.34. The minimum atomic E-state index is -0.166. The zero-order valence-corrected chi connectivity index (χ0v) is 18.1. The molecule has 29 heavy (non-hydrogen) atoms. The van der Waals surface area contributed by atoms with Gasteiger partial charge in [-0.2, -0.15) is 0 Å². The van der Waals surface area contributed by atoms with Crippen molar-refractivity contribution in [2.24, 2.45) is 5.41 Å². The number of halogens is 2. The van der Waals surface area contributed by atoms with Crippen molar-refractivity contribution in [3.8, 4) is 5.69 Å². The number of hydrogen-bond donors (Lipinski definition) is 2. The highest BCUT2D eigenvalue weighted by atomic mass is 35.5. The molecule has 0 bridgehead atoms. The molecule has 156 valence electrons. The van der Waals surface area contributed by atoms with E-state index in [0.29, 0.717) is 12.2 Å². The summed E-state index contributed by atoms with van der Waals surface area (Å²) in [7, 11) is 0. The number of carbonyl (C=O) groups excluding carboxylic acids is 1. The van der Waals surface area contributed by atoms with Crippen molar-refractivity contribution in [2.45, 2.75) is 26.7 Å². The van der Waals surface area contributed by atoms with E-state index in [2.05, 4.69) is 32.9 Å². The lowest BCUT2D eigenvalue weighted by molar-refractivity contribution is 0.0916. The van der Waals surface area contributed by atoms with Crippen molar-refractivity contribution in [2.75, 3.05) is 19.6 Å². The second-order valence-electron chi connectivity index (χ2n) is 7.56. The molecule has 7 nitrogen and oxygen atoms in total. The molecule has 3 heterocycles. The highest BCUT2D eigenvalue weighted by molar-refractivity contribution is 5.93. The molecule has 3 aromatic rings. The summed E-state index contributed by atoms with van der Waals surface area (Å²) in [5, 5.41) is 15.8. The third-order valence-corrected chi connectivity index (χ3v) is 5.43. The average molecular weight is 437 g/mol. The highest BCUT2D eigenvalue weighted by Crippen LogP contribution is 2.27. The van der Waals surface area contributed by atoms with Gasteiger partial charge in [0.2, 0.25) is 0 Å². The largest absolute Gasteiger partial charge is 0.350 e. The molecule has 0 unspecified atom stereocenters. The summed E-state index contributed by atoms with van der Waals surface area (Å²) >= 11 is 0. The molecular formula is C20H26Cl2N6O. The monoisotopic (exact) mass is 436 g/mol. The first kappa shape index (κ1) is 23.1. The molecule has 9 heteroatoms. The first-order valence-electron chi connectivity index (χ1n) is 9.32. The number of pyridine rings is 1. The van der Waals surface area contributed by atoms with Gasteiger partial charge in [-0.05, 0) is 62.5 Å². The first-order chi connectivity index (χ1) is 13.1. The fraction of sp³-hybridized carbons (Fsp3) is 0.400. The molecule has 2 N–H and O–H groups in total. The second-order valence-corrected chi connectivity index (χ2v) is 7.56. The quantitative estimate of drug-likeness (QED) is 0.656. The van der Waals surface area contributed by atoms with E-state index >= 15 is 0 Å². The Balaban J connectivity index is 0.00000150. The summed E-state index contributed by atoms with van der Waals surface area (Å²) in [4.78, 5) is 17.0. The third kappa shape index (κ3) is 4.86. The fourth-order valence-electron chi connectivity index (χ4n) is 3.56. The van der Waals surface area contributed by atoms with Crippen LogP contribution < -0.4 is 10.6 Å². The molecule has 0 radical (unpaired) electrons. The van der Waals surface area contributed by atoms with Crippen molar-refractivity contribution in [1.82, 2.24) is 30.6 Å². The van der Waals surface area contributed by atoms with E-state index in [9.17, 15) is 4.79 Å². The SMILES string of the molecule is Cc1c(C(=O)NCC2(C)CCNCC2)nnn1-c1ccc2ncccc2c1.Cl.Cl. The molecule has 0 saturated carbocycles. The van der Waals surface area contributed by atoms with E-state index in [0.717, 1.165) is 48.2 Å². The Hall–Kier alpha value is -2.22. The first-order valence-corrected chi connectivity index (χ1v) is 9.32. The van der Waals surface area contributed by atoms with Gasteiger partial charge in [-0.25, -0.2) is 4.68 Å². The molecule has 1 aliphatic rings. The van der Waals surface area contributed by atoms with Gasteiger partial charge in [0.1, 0.15) is 0 Å². The van der Waals surface area contributed by atoms with Crippen LogP contribution in [0.25, 0.3) is 16.6 Å². The number of rotatable bonds is 4. The van der Waals surface area contributed by atoms with Crippen LogP contribution in [-0.4, -0.2) is 45.5 Å². The molecule has 0 atom stereocenters. The van der Waals surface area contributed by atoms with Gasteiger partial charge in [0, 0.05) is 18.1 Å². The summed E-state index contributed by atoms with van der Waals surface area (Å²) in [6, 6.07) is 9.80. The molecule has 0 spiro atoms. The highest BCUT2D eigenvalue weighted by Gasteiger charge is 2.28. The van der Waals surface area contributed by atoms with Gasteiger partial charge in [0.25, 0.3) is 5.91 Å². The minimum absolute atomic E-state index is 0. The maximum atomic E-state index is 12.7. The summed E-state index contributed by atoms with van der Waals surface area (Å²) in [5.74, 6) is -0.166. The van der Waals surface area contributed by atoms with E-state index in [1.807, 2.05) is 37.3 Å². The molecule has 1 amide bonds. The number of nitrogens with one attached hydrogen (secondary N) is 2. The molecule has 1 saturated heterocycles. The second kappa shape index (κ2) is 9.52. The predicted octanol–water partition coefficient (Wildman–Crippen LogP) is 3.09. The van der Waals surface area contributed by atoms with Crippen molar-refractivity contribution >= 4 is 41.6 Å². The molecule has 4 rings (SSSR count). The number of piperidine rings is 1. The number of aromatic nitrogens is 4. The summed E-state index contributed by atoms with van der Waals surface area (Å²) in [6.07, 6.45) is 3.89. The zero-order valence-electron chi connectivity index (χ0n) is 16.5. The zero-order chi connectivity index (χ0) is 18.9. The van der Waals surface area contributed by atoms with Crippen molar-refractivity contribution in [3.05, 3.63) is 47.9 Å². The van der Waals surface area contributed by atoms with Gasteiger partial charge in [0.05, 0.1) is 16.9 Å². The van der Waals surface area contributed by atoms with Gasteiger partial charge in [-0.1, -0.05) is 18.2 Å². The van der Waals surface area contributed by atoms with Gasteiger partial charge >= 0.3 is 0 Å². The Morgan fingerprint density at radius 1 is 1.24 bits per heavy atom. The molecule has 0 aliphatic carbocycles. The van der Waals surface area contributed by atoms with Crippen molar-refractivity contribution < 1.29 is 4.79 Å². The van der Waals surface area contributed by atoms with Crippen molar-refractivity contribution in [1.29, 1.82) is 0 Å².